The summed E-state index contributed by atoms with van der Waals surface area (Å²) >= 11 is 5.96. The van der Waals surface area contributed by atoms with Crippen LogP contribution in [0.1, 0.15) is 30.5 Å². The molecule has 0 aliphatic heterocycles. The van der Waals surface area contributed by atoms with Gasteiger partial charge in [0.1, 0.15) is 0 Å². The van der Waals surface area contributed by atoms with E-state index in [2.05, 4.69) is 54.7 Å². The van der Waals surface area contributed by atoms with Crippen molar-refractivity contribution in [3.8, 4) is 0 Å². The van der Waals surface area contributed by atoms with Gasteiger partial charge in [0.25, 0.3) is 0 Å². The van der Waals surface area contributed by atoms with Crippen LogP contribution in [-0.2, 0) is 6.42 Å². The first-order chi connectivity index (χ1) is 9.29. The van der Waals surface area contributed by atoms with Gasteiger partial charge in [-0.25, -0.2) is 0 Å². The molecule has 2 aromatic carbocycles. The number of nitrogens with one attached hydrogen (secondary N) is 1. The van der Waals surface area contributed by atoms with Gasteiger partial charge in [-0.3, -0.25) is 0 Å². The molecule has 0 spiro atoms. The monoisotopic (exact) mass is 273 g/mol. The van der Waals surface area contributed by atoms with Crippen molar-refractivity contribution < 1.29 is 0 Å². The van der Waals surface area contributed by atoms with Crippen molar-refractivity contribution in [3.05, 3.63) is 70.7 Å². The van der Waals surface area contributed by atoms with Crippen molar-refractivity contribution in [1.82, 2.24) is 5.32 Å². The molecule has 100 valence electrons. The van der Waals surface area contributed by atoms with Crippen molar-refractivity contribution in [1.29, 1.82) is 0 Å². The van der Waals surface area contributed by atoms with Gasteiger partial charge in [0, 0.05) is 11.1 Å². The second kappa shape index (κ2) is 7.32. The largest absolute Gasteiger partial charge is 0.310 e. The highest BCUT2D eigenvalue weighted by molar-refractivity contribution is 6.30. The van der Waals surface area contributed by atoms with E-state index in [1.165, 1.54) is 11.1 Å². The molecule has 1 unspecified atom stereocenters. The van der Waals surface area contributed by atoms with Crippen LogP contribution in [0.4, 0.5) is 0 Å². The Morgan fingerprint density at radius 1 is 1.00 bits per heavy atom. The molecule has 0 amide bonds. The Morgan fingerprint density at radius 2 is 1.68 bits per heavy atom. The van der Waals surface area contributed by atoms with E-state index in [9.17, 15) is 0 Å². The Balaban J connectivity index is 2.13. The lowest BCUT2D eigenvalue weighted by Crippen LogP contribution is -2.24. The van der Waals surface area contributed by atoms with Crippen molar-refractivity contribution in [2.75, 3.05) is 6.54 Å². The molecule has 0 aliphatic carbocycles. The zero-order valence-electron chi connectivity index (χ0n) is 11.3. The van der Waals surface area contributed by atoms with Crippen molar-refractivity contribution in [3.63, 3.8) is 0 Å². The first-order valence-corrected chi connectivity index (χ1v) is 7.20. The highest BCUT2D eigenvalue weighted by Gasteiger charge is 2.11. The molecule has 0 bridgehead atoms. The topological polar surface area (TPSA) is 12.0 Å². The van der Waals surface area contributed by atoms with Gasteiger partial charge in [-0.1, -0.05) is 61.0 Å². The molecule has 2 rings (SSSR count). The lowest BCUT2D eigenvalue weighted by Gasteiger charge is -2.19. The zero-order valence-corrected chi connectivity index (χ0v) is 12.0. The van der Waals surface area contributed by atoms with E-state index in [0.717, 1.165) is 24.4 Å². The van der Waals surface area contributed by atoms with E-state index in [1.54, 1.807) is 0 Å². The molecule has 0 saturated heterocycles. The fraction of sp³-hybridized carbons (Fsp3) is 0.294. The third kappa shape index (κ3) is 4.38. The Kier molecular flexibility index (Phi) is 5.44. The van der Waals surface area contributed by atoms with Crippen molar-refractivity contribution >= 4 is 11.6 Å². The molecular formula is C17H20ClN. The van der Waals surface area contributed by atoms with Gasteiger partial charge in [-0.05, 0) is 42.6 Å². The number of hydrogen-bond donors (Lipinski definition) is 1. The van der Waals surface area contributed by atoms with Crippen LogP contribution >= 0.6 is 11.6 Å². The predicted octanol–water partition coefficient (Wildman–Crippen LogP) is 4.62. The molecule has 0 aliphatic rings. The molecule has 19 heavy (non-hydrogen) atoms. The second-order valence-electron chi connectivity index (χ2n) is 4.75. The van der Waals surface area contributed by atoms with E-state index in [1.807, 2.05) is 12.1 Å². The zero-order chi connectivity index (χ0) is 13.5. The maximum Gasteiger partial charge on any atom is 0.0406 e. The molecule has 0 heterocycles. The standard InChI is InChI=1S/C17H20ClN/c1-2-12-19-17(13-14-6-4-3-5-7-14)15-8-10-16(18)11-9-15/h3-11,17,19H,2,12-13H2,1H3. The normalized spacial score (nSPS) is 12.3. The second-order valence-corrected chi connectivity index (χ2v) is 5.18. The molecule has 2 aromatic rings. The molecule has 1 atom stereocenters. The first-order valence-electron chi connectivity index (χ1n) is 6.82. The van der Waals surface area contributed by atoms with Crippen LogP contribution in [0.25, 0.3) is 0 Å². The van der Waals surface area contributed by atoms with E-state index < -0.39 is 0 Å². The summed E-state index contributed by atoms with van der Waals surface area (Å²) in [5.74, 6) is 0. The molecule has 0 fully saturated rings. The Labute approximate surface area is 120 Å². The first kappa shape index (κ1) is 14.1. The highest BCUT2D eigenvalue weighted by Crippen LogP contribution is 2.20. The van der Waals surface area contributed by atoms with Crippen LogP contribution in [0.5, 0.6) is 0 Å². The Bertz CT molecular complexity index is 478. The predicted molar refractivity (Wildman–Crippen MR) is 82.6 cm³/mol. The minimum absolute atomic E-state index is 0.347. The SMILES string of the molecule is CCCNC(Cc1ccccc1)c1ccc(Cl)cc1. The van der Waals surface area contributed by atoms with Gasteiger partial charge >= 0.3 is 0 Å². The van der Waals surface area contributed by atoms with E-state index >= 15 is 0 Å². The maximum absolute atomic E-state index is 5.96. The summed E-state index contributed by atoms with van der Waals surface area (Å²) in [6.07, 6.45) is 2.14. The molecule has 0 radical (unpaired) electrons. The molecule has 1 N–H and O–H groups in total. The number of benzene rings is 2. The fourth-order valence-electron chi connectivity index (χ4n) is 2.17. The summed E-state index contributed by atoms with van der Waals surface area (Å²) in [5.41, 5.74) is 2.65. The number of halogens is 1. The van der Waals surface area contributed by atoms with Crippen LogP contribution in [-0.4, -0.2) is 6.54 Å². The van der Waals surface area contributed by atoms with E-state index in [4.69, 9.17) is 11.6 Å². The number of rotatable bonds is 6. The average molecular weight is 274 g/mol. The lowest BCUT2D eigenvalue weighted by atomic mass is 9.99. The van der Waals surface area contributed by atoms with Gasteiger partial charge in [-0.2, -0.15) is 0 Å². The maximum atomic E-state index is 5.96. The molecule has 0 aromatic heterocycles. The third-order valence-corrected chi connectivity index (χ3v) is 3.45. The summed E-state index contributed by atoms with van der Waals surface area (Å²) in [4.78, 5) is 0. The van der Waals surface area contributed by atoms with Crippen molar-refractivity contribution in [2.24, 2.45) is 0 Å². The molecule has 0 saturated carbocycles. The third-order valence-electron chi connectivity index (χ3n) is 3.20. The molecule has 2 heteroatoms. The smallest absolute Gasteiger partial charge is 0.0406 e. The number of hydrogen-bond acceptors (Lipinski definition) is 1. The minimum Gasteiger partial charge on any atom is -0.310 e. The van der Waals surface area contributed by atoms with Gasteiger partial charge < -0.3 is 5.32 Å². The summed E-state index contributed by atoms with van der Waals surface area (Å²) < 4.78 is 0. The van der Waals surface area contributed by atoms with Crippen LogP contribution in [0.3, 0.4) is 0 Å². The fourth-order valence-corrected chi connectivity index (χ4v) is 2.30. The summed E-state index contributed by atoms with van der Waals surface area (Å²) in [7, 11) is 0. The highest BCUT2D eigenvalue weighted by atomic mass is 35.5. The van der Waals surface area contributed by atoms with Crippen LogP contribution in [0, 0.1) is 0 Å². The lowest BCUT2D eigenvalue weighted by molar-refractivity contribution is 0.529. The Hall–Kier alpha value is -1.31. The van der Waals surface area contributed by atoms with Gasteiger partial charge in [-0.15, -0.1) is 0 Å². The van der Waals surface area contributed by atoms with Crippen LogP contribution in [0.15, 0.2) is 54.6 Å². The van der Waals surface area contributed by atoms with E-state index in [0.29, 0.717) is 6.04 Å². The molecular weight excluding hydrogens is 254 g/mol. The van der Waals surface area contributed by atoms with Gasteiger partial charge in [0.05, 0.1) is 0 Å². The quantitative estimate of drug-likeness (QED) is 0.810. The van der Waals surface area contributed by atoms with Gasteiger partial charge in [0.15, 0.2) is 0 Å². The van der Waals surface area contributed by atoms with Crippen molar-refractivity contribution in [2.45, 2.75) is 25.8 Å². The Morgan fingerprint density at radius 3 is 2.32 bits per heavy atom. The minimum atomic E-state index is 0.347. The molecule has 1 nitrogen and oxygen atoms in total. The average Bonchev–Trinajstić information content (AvgIpc) is 2.45. The van der Waals surface area contributed by atoms with E-state index in [-0.39, 0.29) is 0 Å². The van der Waals surface area contributed by atoms with Crippen LogP contribution < -0.4 is 5.32 Å². The van der Waals surface area contributed by atoms with Gasteiger partial charge in [0.2, 0.25) is 0 Å². The van der Waals surface area contributed by atoms with Crippen LogP contribution in [0.2, 0.25) is 5.02 Å². The summed E-state index contributed by atoms with van der Waals surface area (Å²) in [5, 5.41) is 4.40. The summed E-state index contributed by atoms with van der Waals surface area (Å²) in [6.45, 7) is 3.22. The summed E-state index contributed by atoms with van der Waals surface area (Å²) in [6, 6.07) is 19.1.